The minimum Gasteiger partial charge on any atom is -0.480 e. The van der Waals surface area contributed by atoms with Crippen LogP contribution in [0.25, 0.3) is 11.0 Å². The zero-order valence-electron chi connectivity index (χ0n) is 18.0. The lowest BCUT2D eigenvalue weighted by molar-refractivity contribution is -0.139. The molecule has 0 saturated carbocycles. The van der Waals surface area contributed by atoms with Gasteiger partial charge in [0.25, 0.3) is 5.91 Å². The molecule has 1 spiro atoms. The smallest absolute Gasteiger partial charge is 0.339 e. The van der Waals surface area contributed by atoms with Crippen LogP contribution >= 0.6 is 0 Å². The molecule has 1 unspecified atom stereocenters. The quantitative estimate of drug-likeness (QED) is 0.783. The largest absolute Gasteiger partial charge is 0.480 e. The first-order valence-electron chi connectivity index (χ1n) is 10.5. The van der Waals surface area contributed by atoms with Crippen molar-refractivity contribution in [2.75, 3.05) is 13.1 Å². The third-order valence-corrected chi connectivity index (χ3v) is 6.58. The van der Waals surface area contributed by atoms with Crippen LogP contribution in [0, 0.1) is 20.8 Å². The maximum atomic E-state index is 13.0. The van der Waals surface area contributed by atoms with E-state index in [1.54, 1.807) is 13.8 Å². The number of likely N-dealkylation sites (tertiary alicyclic amines) is 1. The summed E-state index contributed by atoms with van der Waals surface area (Å²) in [5, 5.41) is 3.82. The van der Waals surface area contributed by atoms with Crippen molar-refractivity contribution in [3.8, 4) is 5.75 Å². The number of amides is 2. The van der Waals surface area contributed by atoms with E-state index in [1.807, 2.05) is 30.9 Å². The van der Waals surface area contributed by atoms with Gasteiger partial charge in [-0.25, -0.2) is 4.79 Å². The van der Waals surface area contributed by atoms with Crippen LogP contribution in [-0.2, 0) is 9.59 Å². The fourth-order valence-electron chi connectivity index (χ4n) is 4.58. The van der Waals surface area contributed by atoms with Crippen LogP contribution in [0.3, 0.4) is 0 Å². The lowest BCUT2D eigenvalue weighted by atomic mass is 9.86. The van der Waals surface area contributed by atoms with Crippen LogP contribution in [0.4, 0.5) is 0 Å². The van der Waals surface area contributed by atoms with Gasteiger partial charge in [0.15, 0.2) is 6.10 Å². The molecule has 160 valence electrons. The van der Waals surface area contributed by atoms with Crippen LogP contribution in [0.15, 0.2) is 21.3 Å². The van der Waals surface area contributed by atoms with Crippen LogP contribution in [-0.4, -0.2) is 41.4 Å². The predicted octanol–water partition coefficient (Wildman–Crippen LogP) is 2.76. The van der Waals surface area contributed by atoms with Crippen LogP contribution < -0.4 is 15.7 Å². The molecule has 30 heavy (non-hydrogen) atoms. The molecule has 2 aliphatic rings. The fourth-order valence-corrected chi connectivity index (χ4v) is 4.58. The Labute approximate surface area is 175 Å². The number of nitrogens with one attached hydrogen (secondary N) is 1. The highest BCUT2D eigenvalue weighted by Gasteiger charge is 2.41. The molecule has 3 heterocycles. The molecule has 4 rings (SSSR count). The highest BCUT2D eigenvalue weighted by molar-refractivity contribution is 5.89. The number of rotatable bonds is 3. The molecular formula is C23H28N2O5. The lowest BCUT2D eigenvalue weighted by Gasteiger charge is -2.40. The zero-order chi connectivity index (χ0) is 21.6. The van der Waals surface area contributed by atoms with Gasteiger partial charge in [-0.15, -0.1) is 0 Å². The van der Waals surface area contributed by atoms with Gasteiger partial charge in [-0.1, -0.05) is 0 Å². The van der Waals surface area contributed by atoms with Gasteiger partial charge < -0.3 is 19.4 Å². The molecule has 1 aromatic heterocycles. The second-order valence-electron chi connectivity index (χ2n) is 8.69. The van der Waals surface area contributed by atoms with Crippen molar-refractivity contribution in [3.63, 3.8) is 0 Å². The third-order valence-electron chi connectivity index (χ3n) is 6.58. The van der Waals surface area contributed by atoms with Gasteiger partial charge in [0.1, 0.15) is 11.3 Å². The summed E-state index contributed by atoms with van der Waals surface area (Å²) in [4.78, 5) is 38.5. The van der Waals surface area contributed by atoms with Crippen molar-refractivity contribution < 1.29 is 18.7 Å². The van der Waals surface area contributed by atoms with E-state index in [-0.39, 0.29) is 23.0 Å². The number of hydrogen-bond donors (Lipinski definition) is 1. The normalized spacial score (nSPS) is 19.2. The van der Waals surface area contributed by atoms with Crippen molar-refractivity contribution in [2.24, 2.45) is 0 Å². The van der Waals surface area contributed by atoms with E-state index in [0.717, 1.165) is 35.8 Å². The Morgan fingerprint density at radius 2 is 1.83 bits per heavy atom. The van der Waals surface area contributed by atoms with Gasteiger partial charge in [0, 0.05) is 30.6 Å². The summed E-state index contributed by atoms with van der Waals surface area (Å²) < 4.78 is 11.6. The SMILES string of the molecule is Cc1cc(OC(C)C(=O)N2CCC3(CCC(=O)N3)CC2)c2c(C)c(C)c(=O)oc2c1. The summed E-state index contributed by atoms with van der Waals surface area (Å²) >= 11 is 0. The predicted molar refractivity (Wildman–Crippen MR) is 113 cm³/mol. The number of ether oxygens (including phenoxy) is 1. The number of nitrogens with zero attached hydrogens (tertiary/aromatic N) is 1. The molecule has 0 bridgehead atoms. The number of carbonyl (C=O) groups excluding carboxylic acids is 2. The van der Waals surface area contributed by atoms with E-state index in [9.17, 15) is 14.4 Å². The average Bonchev–Trinajstić information content (AvgIpc) is 3.05. The molecule has 2 amide bonds. The molecule has 2 saturated heterocycles. The van der Waals surface area contributed by atoms with Crippen molar-refractivity contribution in [2.45, 2.75) is 65.0 Å². The number of fused-ring (bicyclic) bond motifs is 1. The topological polar surface area (TPSA) is 88.9 Å². The Bertz CT molecular complexity index is 1080. The summed E-state index contributed by atoms with van der Waals surface area (Å²) in [7, 11) is 0. The van der Waals surface area contributed by atoms with Gasteiger partial charge >= 0.3 is 5.63 Å². The molecule has 2 aliphatic heterocycles. The number of carbonyl (C=O) groups is 2. The standard InChI is InChI=1S/C23H28N2O5/c1-13-11-17(20-14(2)15(3)22(28)30-18(20)12-13)29-16(4)21(27)25-9-7-23(8-10-25)6-5-19(26)24-23/h11-12,16H,5-10H2,1-4H3,(H,24,26). The van der Waals surface area contributed by atoms with E-state index in [0.29, 0.717) is 36.4 Å². The van der Waals surface area contributed by atoms with Gasteiger partial charge in [-0.3, -0.25) is 9.59 Å². The highest BCUT2D eigenvalue weighted by Crippen LogP contribution is 2.33. The van der Waals surface area contributed by atoms with Crippen molar-refractivity contribution in [1.29, 1.82) is 0 Å². The average molecular weight is 412 g/mol. The second-order valence-corrected chi connectivity index (χ2v) is 8.69. The minimum absolute atomic E-state index is 0.0735. The highest BCUT2D eigenvalue weighted by atomic mass is 16.5. The first-order valence-corrected chi connectivity index (χ1v) is 10.5. The number of aryl methyl sites for hydroxylation is 2. The monoisotopic (exact) mass is 412 g/mol. The Balaban J connectivity index is 1.53. The molecular weight excluding hydrogens is 384 g/mol. The van der Waals surface area contributed by atoms with E-state index >= 15 is 0 Å². The minimum atomic E-state index is -0.672. The zero-order valence-corrected chi connectivity index (χ0v) is 18.0. The summed E-state index contributed by atoms with van der Waals surface area (Å²) in [5.41, 5.74) is 2.19. The number of hydrogen-bond acceptors (Lipinski definition) is 5. The summed E-state index contributed by atoms with van der Waals surface area (Å²) in [6, 6.07) is 3.68. The molecule has 1 atom stereocenters. The third kappa shape index (κ3) is 3.57. The molecule has 0 aliphatic carbocycles. The van der Waals surface area contributed by atoms with E-state index in [1.165, 1.54) is 0 Å². The lowest BCUT2D eigenvalue weighted by Crippen LogP contribution is -2.54. The molecule has 0 radical (unpaired) electrons. The van der Waals surface area contributed by atoms with E-state index in [4.69, 9.17) is 9.15 Å². The molecule has 2 fully saturated rings. The van der Waals surface area contributed by atoms with E-state index in [2.05, 4.69) is 5.32 Å². The van der Waals surface area contributed by atoms with Crippen molar-refractivity contribution in [1.82, 2.24) is 10.2 Å². The van der Waals surface area contributed by atoms with Gasteiger partial charge in [0.2, 0.25) is 5.91 Å². The maximum Gasteiger partial charge on any atom is 0.339 e. The summed E-state index contributed by atoms with van der Waals surface area (Å²) in [5.74, 6) is 0.581. The van der Waals surface area contributed by atoms with Crippen LogP contribution in [0.2, 0.25) is 0 Å². The second kappa shape index (κ2) is 7.45. The van der Waals surface area contributed by atoms with Crippen LogP contribution in [0.5, 0.6) is 5.75 Å². The van der Waals surface area contributed by atoms with E-state index < -0.39 is 6.10 Å². The molecule has 1 N–H and O–H groups in total. The summed E-state index contributed by atoms with van der Waals surface area (Å²) in [6.07, 6.45) is 2.29. The Morgan fingerprint density at radius 3 is 2.47 bits per heavy atom. The first-order chi connectivity index (χ1) is 14.2. The number of benzene rings is 1. The Hall–Kier alpha value is -2.83. The first kappa shape index (κ1) is 20.4. The molecule has 2 aromatic rings. The van der Waals surface area contributed by atoms with Crippen LogP contribution in [0.1, 0.15) is 49.3 Å². The summed E-state index contributed by atoms with van der Waals surface area (Å²) in [6.45, 7) is 8.45. The van der Waals surface area contributed by atoms with Crippen molar-refractivity contribution >= 4 is 22.8 Å². The molecule has 1 aromatic carbocycles. The number of piperidine rings is 1. The maximum absolute atomic E-state index is 13.0. The molecule has 7 nitrogen and oxygen atoms in total. The Morgan fingerprint density at radius 1 is 1.13 bits per heavy atom. The van der Waals surface area contributed by atoms with Gasteiger partial charge in [-0.2, -0.15) is 0 Å². The molecule has 7 heteroatoms. The van der Waals surface area contributed by atoms with Gasteiger partial charge in [-0.05, 0) is 70.2 Å². The van der Waals surface area contributed by atoms with Crippen molar-refractivity contribution in [3.05, 3.63) is 39.2 Å². The fraction of sp³-hybridized carbons (Fsp3) is 0.522. The van der Waals surface area contributed by atoms with Gasteiger partial charge in [0.05, 0.1) is 5.39 Å². The Kier molecular flexibility index (Phi) is 5.08.